The first-order valence-corrected chi connectivity index (χ1v) is 7.62. The van der Waals surface area contributed by atoms with Crippen LogP contribution in [0.1, 0.15) is 65.2 Å². The minimum absolute atomic E-state index is 0. The molecule has 0 aliphatic heterocycles. The molecule has 1 atom stereocenters. The molecule has 0 aromatic carbocycles. The number of rotatable bonds is 12. The second-order valence-corrected chi connectivity index (χ2v) is 5.17. The number of carboxylic acids is 1. The van der Waals surface area contributed by atoms with Crippen molar-refractivity contribution in [3.8, 4) is 0 Å². The first-order chi connectivity index (χ1) is 9.51. The molecule has 1 amide bonds. The van der Waals surface area contributed by atoms with Crippen molar-refractivity contribution in [1.29, 1.82) is 0 Å². The number of hydrogen-bond donors (Lipinski definition) is 0. The third-order valence-electron chi connectivity index (χ3n) is 3.20. The van der Waals surface area contributed by atoms with Crippen LogP contribution in [0.15, 0.2) is 0 Å². The van der Waals surface area contributed by atoms with Crippen molar-refractivity contribution >= 4 is 11.9 Å². The number of carbonyl (C=O) groups excluding carboxylic acids is 2. The van der Waals surface area contributed by atoms with Gasteiger partial charge in [0.15, 0.2) is 0 Å². The summed E-state index contributed by atoms with van der Waals surface area (Å²) in [6.07, 6.45) is 4.47. The third kappa shape index (κ3) is 13.3. The predicted octanol–water partition coefficient (Wildman–Crippen LogP) is -0.932. The van der Waals surface area contributed by atoms with Crippen LogP contribution in [0.4, 0.5) is 4.39 Å². The molecule has 0 rings (SSSR count). The Morgan fingerprint density at radius 1 is 1.10 bits per heavy atom. The molecule has 0 heterocycles. The second kappa shape index (κ2) is 14.8. The molecule has 0 spiro atoms. The van der Waals surface area contributed by atoms with Crippen LogP contribution < -0.4 is 34.7 Å². The molecule has 0 bridgehead atoms. The Bertz CT molecular complexity index is 290. The summed E-state index contributed by atoms with van der Waals surface area (Å²) in [5.74, 6) is -1.42. The number of amides is 1. The molecule has 0 fully saturated rings. The molecule has 0 saturated carbocycles. The number of halogens is 1. The van der Waals surface area contributed by atoms with E-state index in [4.69, 9.17) is 0 Å². The van der Waals surface area contributed by atoms with E-state index in [0.717, 1.165) is 12.8 Å². The number of carboxylic acid groups (broad SMARTS) is 1. The van der Waals surface area contributed by atoms with Crippen LogP contribution in [0, 0.1) is 0 Å². The first kappa shape index (κ1) is 23.1. The topological polar surface area (TPSA) is 60.4 Å². The van der Waals surface area contributed by atoms with Crippen LogP contribution in [0.25, 0.3) is 0 Å². The van der Waals surface area contributed by atoms with Crippen molar-refractivity contribution in [2.45, 2.75) is 71.4 Å². The number of nitrogens with zero attached hydrogens (tertiary/aromatic N) is 1. The van der Waals surface area contributed by atoms with Crippen LogP contribution in [-0.4, -0.2) is 36.0 Å². The van der Waals surface area contributed by atoms with E-state index in [2.05, 4.69) is 0 Å². The monoisotopic (exact) mass is 311 g/mol. The number of alkyl halides is 1. The van der Waals surface area contributed by atoms with Crippen LogP contribution in [-0.2, 0) is 9.59 Å². The average molecular weight is 311 g/mol. The van der Waals surface area contributed by atoms with Gasteiger partial charge in [-0.15, -0.1) is 0 Å². The van der Waals surface area contributed by atoms with Gasteiger partial charge in [-0.3, -0.25) is 4.79 Å². The molecule has 4 nitrogen and oxygen atoms in total. The predicted molar refractivity (Wildman–Crippen MR) is 74.8 cm³/mol. The van der Waals surface area contributed by atoms with Crippen molar-refractivity contribution in [2.75, 3.05) is 13.1 Å². The summed E-state index contributed by atoms with van der Waals surface area (Å²) in [6, 6.07) is 0. The molecule has 21 heavy (non-hydrogen) atoms. The van der Waals surface area contributed by atoms with E-state index < -0.39 is 12.1 Å². The minimum atomic E-state index is -1.24. The molecule has 0 aliphatic carbocycles. The zero-order valence-corrected chi connectivity index (χ0v) is 15.7. The fraction of sp³-hybridized carbons (Fsp3) is 0.867. The van der Waals surface area contributed by atoms with Gasteiger partial charge in [0.1, 0.15) is 6.17 Å². The number of hydrogen-bond acceptors (Lipinski definition) is 3. The van der Waals surface area contributed by atoms with E-state index in [-0.39, 0.29) is 48.4 Å². The van der Waals surface area contributed by atoms with E-state index in [9.17, 15) is 19.1 Å². The summed E-state index contributed by atoms with van der Waals surface area (Å²) in [6.45, 7) is 3.99. The van der Waals surface area contributed by atoms with Gasteiger partial charge >= 0.3 is 29.6 Å². The standard InChI is InChI=1S/C15H28FNO3.Na/c1-3-5-8-13(16)9-6-7-10-14(18)17(11-4-2)12-15(19)20;/h13H,3-12H2,1-2H3,(H,19,20);/q;+1/p-1. The third-order valence-corrected chi connectivity index (χ3v) is 3.20. The SMILES string of the molecule is CCCCC(F)CCCCC(=O)N(CCC)CC(=O)[O-].[Na+]. The molecular weight excluding hydrogens is 284 g/mol. The summed E-state index contributed by atoms with van der Waals surface area (Å²) in [4.78, 5) is 23.7. The van der Waals surface area contributed by atoms with E-state index in [0.29, 0.717) is 38.6 Å². The molecule has 118 valence electrons. The largest absolute Gasteiger partial charge is 1.00 e. The summed E-state index contributed by atoms with van der Waals surface area (Å²) in [5.41, 5.74) is 0. The van der Waals surface area contributed by atoms with Gasteiger partial charge in [0.05, 0.1) is 12.5 Å². The summed E-state index contributed by atoms with van der Waals surface area (Å²) in [7, 11) is 0. The van der Waals surface area contributed by atoms with Crippen LogP contribution in [0.5, 0.6) is 0 Å². The Hall–Kier alpha value is -0.130. The van der Waals surface area contributed by atoms with Gasteiger partial charge in [-0.1, -0.05) is 33.1 Å². The molecule has 0 saturated heterocycles. The van der Waals surface area contributed by atoms with Crippen molar-refractivity contribution in [1.82, 2.24) is 4.90 Å². The van der Waals surface area contributed by atoms with Crippen molar-refractivity contribution < 1.29 is 48.6 Å². The minimum Gasteiger partial charge on any atom is -0.548 e. The Balaban J connectivity index is 0. The fourth-order valence-electron chi connectivity index (χ4n) is 2.09. The first-order valence-electron chi connectivity index (χ1n) is 7.62. The Kier molecular flexibility index (Phi) is 16.3. The maximum atomic E-state index is 13.4. The average Bonchev–Trinajstić information content (AvgIpc) is 2.40. The summed E-state index contributed by atoms with van der Waals surface area (Å²) in [5, 5.41) is 10.6. The van der Waals surface area contributed by atoms with Gasteiger partial charge < -0.3 is 14.8 Å². The maximum absolute atomic E-state index is 13.4. The summed E-state index contributed by atoms with van der Waals surface area (Å²) < 4.78 is 13.4. The normalized spacial score (nSPS) is 11.6. The zero-order chi connectivity index (χ0) is 15.4. The Labute approximate surface area is 149 Å². The van der Waals surface area contributed by atoms with Crippen LogP contribution in [0.3, 0.4) is 0 Å². The fourth-order valence-corrected chi connectivity index (χ4v) is 2.09. The van der Waals surface area contributed by atoms with Gasteiger partial charge in [0.25, 0.3) is 0 Å². The van der Waals surface area contributed by atoms with Gasteiger partial charge in [-0.2, -0.15) is 0 Å². The second-order valence-electron chi connectivity index (χ2n) is 5.17. The molecule has 0 aliphatic rings. The van der Waals surface area contributed by atoms with Gasteiger partial charge in [-0.05, 0) is 25.7 Å². The van der Waals surface area contributed by atoms with Gasteiger partial charge in [0.2, 0.25) is 5.91 Å². The van der Waals surface area contributed by atoms with Crippen molar-refractivity contribution in [3.63, 3.8) is 0 Å². The number of aliphatic carboxylic acids is 1. The molecule has 1 unspecified atom stereocenters. The van der Waals surface area contributed by atoms with E-state index in [1.165, 1.54) is 4.90 Å². The maximum Gasteiger partial charge on any atom is 1.00 e. The number of carbonyl (C=O) groups is 2. The molecule has 6 heteroatoms. The van der Waals surface area contributed by atoms with Gasteiger partial charge in [0, 0.05) is 13.0 Å². The Morgan fingerprint density at radius 2 is 1.71 bits per heavy atom. The zero-order valence-electron chi connectivity index (χ0n) is 13.7. The molecule has 0 aromatic rings. The summed E-state index contributed by atoms with van der Waals surface area (Å²) >= 11 is 0. The molecule has 0 aromatic heterocycles. The molecule has 0 N–H and O–H groups in total. The van der Waals surface area contributed by atoms with Crippen molar-refractivity contribution in [2.24, 2.45) is 0 Å². The number of unbranched alkanes of at least 4 members (excludes halogenated alkanes) is 2. The smallest absolute Gasteiger partial charge is 0.548 e. The van der Waals surface area contributed by atoms with Gasteiger partial charge in [-0.25, -0.2) is 4.39 Å². The van der Waals surface area contributed by atoms with E-state index in [1.54, 1.807) is 0 Å². The molecule has 0 radical (unpaired) electrons. The Morgan fingerprint density at radius 3 is 2.24 bits per heavy atom. The van der Waals surface area contributed by atoms with E-state index >= 15 is 0 Å². The van der Waals surface area contributed by atoms with Crippen LogP contribution in [0.2, 0.25) is 0 Å². The van der Waals surface area contributed by atoms with Crippen LogP contribution >= 0.6 is 0 Å². The molecular formula is C15H27FNNaO3. The quantitative estimate of drug-likeness (QED) is 0.345. The van der Waals surface area contributed by atoms with Crippen molar-refractivity contribution in [3.05, 3.63) is 0 Å². The van der Waals surface area contributed by atoms with E-state index in [1.807, 2.05) is 13.8 Å².